The van der Waals surface area contributed by atoms with E-state index >= 15 is 0 Å². The van der Waals surface area contributed by atoms with Crippen LogP contribution in [-0.4, -0.2) is 124 Å². The summed E-state index contributed by atoms with van der Waals surface area (Å²) in [5.74, 6) is -6.35. The van der Waals surface area contributed by atoms with Gasteiger partial charge in [0, 0.05) is 24.2 Å². The lowest BCUT2D eigenvalue weighted by Crippen LogP contribution is -2.74. The number of hydrogen-bond acceptors (Lipinski definition) is 17. The highest BCUT2D eigenvalue weighted by Crippen LogP contribution is 2.38. The highest BCUT2D eigenvalue weighted by Gasteiger charge is 2.68. The van der Waals surface area contributed by atoms with Gasteiger partial charge in [0.1, 0.15) is 27.7 Å². The van der Waals surface area contributed by atoms with Gasteiger partial charge in [-0.1, -0.05) is 23.7 Å². The second-order valence-corrected chi connectivity index (χ2v) is 17.7. The van der Waals surface area contributed by atoms with E-state index in [1.54, 1.807) is 10.8 Å². The number of fused-ring (bicyclic) bond motifs is 2. The number of H-pyrrole nitrogens is 2. The first-order valence-electron chi connectivity index (χ1n) is 20.6. The number of benzene rings is 2. The number of aromatic nitrogens is 4. The van der Waals surface area contributed by atoms with Crippen molar-refractivity contribution in [2.45, 2.75) is 49.7 Å². The second kappa shape index (κ2) is 20.7. The maximum Gasteiger partial charge on any atom is 0.342 e. The number of thiophene rings is 2. The zero-order chi connectivity index (χ0) is 49.0. The number of carboxylic acids is 2. The molecule has 0 saturated carbocycles. The van der Waals surface area contributed by atoms with Gasteiger partial charge in [-0.25, -0.2) is 28.3 Å². The monoisotopic (exact) mass is 1020 g/mol. The molecule has 4 aromatic heterocycles. The molecule has 26 heteroatoms. The van der Waals surface area contributed by atoms with Gasteiger partial charge in [0.2, 0.25) is 22.9 Å². The lowest BCUT2D eigenvalue weighted by atomic mass is 9.81. The summed E-state index contributed by atoms with van der Waals surface area (Å²) in [4.78, 5) is 91.3. The number of hydrogen-bond donors (Lipinski definition) is 6. The number of rotatable bonds is 18. The topological polar surface area (TPSA) is 289 Å². The fourth-order valence-corrected chi connectivity index (χ4v) is 9.46. The molecule has 6 N–H and O–H groups in total. The molecule has 0 bridgehead atoms. The maximum absolute atomic E-state index is 13.8. The average molecular weight is 1020 g/mol. The van der Waals surface area contributed by atoms with Crippen molar-refractivity contribution in [3.8, 4) is 5.75 Å². The van der Waals surface area contributed by atoms with Gasteiger partial charge in [0.05, 0.1) is 75.8 Å². The Balaban J connectivity index is 0.813. The minimum Gasteiger partial charge on any atom is -0.494 e. The van der Waals surface area contributed by atoms with E-state index < -0.39 is 96.3 Å². The molecule has 0 spiro atoms. The Kier molecular flexibility index (Phi) is 14.8. The minimum absolute atomic E-state index is 0.00497. The van der Waals surface area contributed by atoms with E-state index in [4.69, 9.17) is 44.8 Å². The smallest absolute Gasteiger partial charge is 0.342 e. The average Bonchev–Trinajstić information content (AvgIpc) is 3.96. The van der Waals surface area contributed by atoms with Gasteiger partial charge in [-0.05, 0) is 46.2 Å². The van der Waals surface area contributed by atoms with Crippen molar-refractivity contribution in [2.24, 2.45) is 0 Å². The number of nitrogens with one attached hydrogen (secondary N) is 4. The van der Waals surface area contributed by atoms with Gasteiger partial charge in [0.15, 0.2) is 11.6 Å². The van der Waals surface area contributed by atoms with Crippen molar-refractivity contribution in [3.05, 3.63) is 118 Å². The first kappa shape index (κ1) is 49.1. The molecular formula is C43H39ClF2N6O15S2. The van der Waals surface area contributed by atoms with Crippen LogP contribution in [0.2, 0.25) is 5.02 Å². The third-order valence-electron chi connectivity index (χ3n) is 11.1. The molecule has 2 aliphatic rings. The molecule has 69 heavy (non-hydrogen) atoms. The number of aliphatic carboxylic acids is 2. The molecule has 6 heterocycles. The van der Waals surface area contributed by atoms with Crippen LogP contribution in [0, 0.1) is 11.6 Å². The van der Waals surface area contributed by atoms with Crippen molar-refractivity contribution in [2.75, 3.05) is 46.8 Å². The second-order valence-electron chi connectivity index (χ2n) is 15.6. The summed E-state index contributed by atoms with van der Waals surface area (Å²) in [5.41, 5.74) is -4.34. The molecule has 0 radical (unpaired) electrons. The molecule has 8 rings (SSSR count). The molecule has 6 aromatic rings. The number of ether oxygens (including phenoxy) is 7. The summed E-state index contributed by atoms with van der Waals surface area (Å²) in [7, 11) is 1.32. The van der Waals surface area contributed by atoms with E-state index in [1.165, 1.54) is 37.4 Å². The van der Waals surface area contributed by atoms with Gasteiger partial charge >= 0.3 is 11.9 Å². The van der Waals surface area contributed by atoms with E-state index in [-0.39, 0.29) is 82.4 Å². The van der Waals surface area contributed by atoms with Gasteiger partial charge < -0.3 is 64.0 Å². The Bertz CT molecular complexity index is 3060. The number of carbonyl (C=O) groups is 4. The Morgan fingerprint density at radius 1 is 0.768 bits per heavy atom. The third kappa shape index (κ3) is 10.2. The Labute approximate surface area is 399 Å². The molecule has 4 unspecified atom stereocenters. The summed E-state index contributed by atoms with van der Waals surface area (Å²) < 4.78 is 66.9. The third-order valence-corrected chi connectivity index (χ3v) is 13.2. The molecule has 4 atom stereocenters. The molecule has 2 amide bonds. The first-order valence-corrected chi connectivity index (χ1v) is 22.7. The van der Waals surface area contributed by atoms with Crippen molar-refractivity contribution < 1.29 is 71.3 Å². The fourth-order valence-electron chi connectivity index (χ4n) is 7.41. The molecule has 0 aliphatic carbocycles. The molecule has 364 valence electrons. The zero-order valence-electron chi connectivity index (χ0n) is 35.9. The SMILES string of the molecule is COc1cc(CNC(=O)c2nc3scc(COCC4COC(C(=O)O)(C5(C(=O)O)COC(COCc6csc7nc(C(=O)NCc8ccc(F)c(Cl)c8)[nH]c(=O)c67)CO5)CO4)c3c(=O)[nH]2)ccc1F. The van der Waals surface area contributed by atoms with Crippen LogP contribution >= 0.6 is 34.3 Å². The molecule has 21 nitrogen and oxygen atoms in total. The lowest BCUT2D eigenvalue weighted by molar-refractivity contribution is -0.306. The van der Waals surface area contributed by atoms with E-state index in [2.05, 4.69) is 30.6 Å². The summed E-state index contributed by atoms with van der Waals surface area (Å²) in [6.45, 7) is -2.92. The van der Waals surface area contributed by atoms with E-state index in [0.717, 1.165) is 28.7 Å². The van der Waals surface area contributed by atoms with Crippen LogP contribution in [0.15, 0.2) is 56.7 Å². The maximum atomic E-state index is 13.8. The summed E-state index contributed by atoms with van der Waals surface area (Å²) in [6.07, 6.45) is -1.72. The van der Waals surface area contributed by atoms with Crippen LogP contribution in [0.4, 0.5) is 8.78 Å². The minimum atomic E-state index is -2.55. The van der Waals surface area contributed by atoms with E-state index in [1.807, 2.05) is 0 Å². The van der Waals surface area contributed by atoms with Crippen molar-refractivity contribution in [3.63, 3.8) is 0 Å². The van der Waals surface area contributed by atoms with Crippen LogP contribution < -0.4 is 26.5 Å². The van der Waals surface area contributed by atoms with Gasteiger partial charge in [-0.15, -0.1) is 22.7 Å². The number of aromatic amines is 2. The van der Waals surface area contributed by atoms with E-state index in [9.17, 15) is 47.8 Å². The summed E-state index contributed by atoms with van der Waals surface area (Å²) >= 11 is 8.00. The van der Waals surface area contributed by atoms with Gasteiger partial charge in [0.25, 0.3) is 22.9 Å². The predicted molar refractivity (Wildman–Crippen MR) is 239 cm³/mol. The molecule has 2 aromatic carbocycles. The first-order chi connectivity index (χ1) is 33.1. The van der Waals surface area contributed by atoms with Crippen molar-refractivity contribution in [1.29, 1.82) is 0 Å². The molecule has 2 saturated heterocycles. The van der Waals surface area contributed by atoms with E-state index in [0.29, 0.717) is 22.3 Å². The number of carboxylic acid groups (broad SMARTS) is 2. The fraction of sp³-hybridized carbons (Fsp3) is 0.349. The summed E-state index contributed by atoms with van der Waals surface area (Å²) in [5, 5.41) is 29.5. The Morgan fingerprint density at radius 3 is 1.65 bits per heavy atom. The van der Waals surface area contributed by atoms with Crippen molar-refractivity contribution in [1.82, 2.24) is 30.6 Å². The lowest BCUT2D eigenvalue weighted by Gasteiger charge is -2.49. The van der Waals surface area contributed by atoms with Crippen LogP contribution in [0.1, 0.15) is 43.5 Å². The Morgan fingerprint density at radius 2 is 1.23 bits per heavy atom. The molecular weight excluding hydrogens is 978 g/mol. The highest BCUT2D eigenvalue weighted by atomic mass is 35.5. The summed E-state index contributed by atoms with van der Waals surface area (Å²) in [6, 6.07) is 8.08. The number of amides is 2. The number of carbonyl (C=O) groups excluding carboxylic acids is 2. The normalized spacial score (nSPS) is 20.5. The predicted octanol–water partition coefficient (Wildman–Crippen LogP) is 3.29. The standard InChI is InChI=1S/C43H39ClF2N6O15S2/c1-61-29-7-21(3-5-28(29)46)9-48-37(56)33-50-35(54)31-23(17-69-39(31)52-33)11-63-13-25-15-67-43(19-65-25,41(59)60)42(40(57)58)18-64-24(14-66-42)12-62-10-22-16-68-38-30(22)34(53)49-32(51-38)36(55)47-8-20-2-4-27(45)26(44)6-20/h2-7,16-17,24-25H,8-15,18-19H2,1H3,(H,47,55)(H,48,56)(H,57,58)(H,59,60)(H,49,51,53)(H,50,52,54). The quantitative estimate of drug-likeness (QED) is 0.0720. The number of methoxy groups -OCH3 is 1. The highest BCUT2D eigenvalue weighted by molar-refractivity contribution is 7.17. The van der Waals surface area contributed by atoms with Gasteiger partial charge in [-0.3, -0.25) is 19.2 Å². The number of halogens is 3. The van der Waals surface area contributed by atoms with Crippen molar-refractivity contribution >= 4 is 78.5 Å². The van der Waals surface area contributed by atoms with Crippen LogP contribution in [-0.2, 0) is 64.3 Å². The largest absolute Gasteiger partial charge is 0.494 e. The number of nitrogens with zero attached hydrogens (tertiary/aromatic N) is 2. The van der Waals surface area contributed by atoms with Gasteiger partial charge in [-0.2, -0.15) is 0 Å². The zero-order valence-corrected chi connectivity index (χ0v) is 38.3. The van der Waals surface area contributed by atoms with Crippen LogP contribution in [0.25, 0.3) is 20.4 Å². The van der Waals surface area contributed by atoms with Crippen LogP contribution in [0.5, 0.6) is 5.75 Å². The molecule has 2 fully saturated rings. The molecule has 2 aliphatic heterocycles. The Hall–Kier alpha value is -6.29. The van der Waals surface area contributed by atoms with Crippen LogP contribution in [0.3, 0.4) is 0 Å².